The number of H-pyrrole nitrogens is 2. The fraction of sp³-hybridized carbons (Fsp3) is 0.353. The number of carbonyl (C=O) groups is 5. The van der Waals surface area contributed by atoms with E-state index < -0.39 is 66.4 Å². The molecule has 0 saturated carbocycles. The minimum absolute atomic E-state index is 0.0469. The molecule has 4 aromatic rings. The van der Waals surface area contributed by atoms with Crippen LogP contribution in [0.3, 0.4) is 0 Å². The number of carboxylic acid groups (broad SMARTS) is 1. The van der Waals surface area contributed by atoms with E-state index >= 15 is 0 Å². The Bertz CT molecular complexity index is 1880. The Morgan fingerprint density at radius 1 is 0.745 bits per heavy atom. The molecule has 0 aliphatic carbocycles. The number of carbonyl (C=O) groups excluding carboxylic acids is 4. The highest BCUT2D eigenvalue weighted by molar-refractivity contribution is 5.96. The number of para-hydroxylation sites is 2. The van der Waals surface area contributed by atoms with Gasteiger partial charge in [0.25, 0.3) is 0 Å². The Morgan fingerprint density at radius 3 is 1.80 bits per heavy atom. The van der Waals surface area contributed by atoms with Crippen LogP contribution in [0.1, 0.15) is 30.9 Å². The molecule has 0 bridgehead atoms. The van der Waals surface area contributed by atoms with E-state index in [-0.39, 0.29) is 31.8 Å². The van der Waals surface area contributed by atoms with Crippen LogP contribution in [0, 0.1) is 0 Å². The molecule has 0 spiro atoms. The van der Waals surface area contributed by atoms with Gasteiger partial charge in [0.1, 0.15) is 24.2 Å². The predicted octanol–water partition coefficient (Wildman–Crippen LogP) is -1.15. The van der Waals surface area contributed by atoms with Crippen molar-refractivity contribution in [1.82, 2.24) is 31.2 Å². The first-order valence-electron chi connectivity index (χ1n) is 16.3. The van der Waals surface area contributed by atoms with Gasteiger partial charge in [-0.05, 0) is 43.0 Å². The van der Waals surface area contributed by atoms with E-state index in [0.29, 0.717) is 12.0 Å². The molecule has 51 heavy (non-hydrogen) atoms. The third-order valence-corrected chi connectivity index (χ3v) is 8.32. The summed E-state index contributed by atoms with van der Waals surface area (Å²) < 4.78 is 0. The standard InChI is InChI=1S/C34H44N10O7/c1-18(29(46)44-28(17-45)32(49)43-27(33(50)51)14-20-16-40-25-11-5-3-8-22(20)25)41-31(48)26(13-19-15-39-24-10-4-2-7-21(19)24)42-30(47)23(35)9-6-12-38-34(36)37/h2-5,7-8,10-11,15-16,18,23,26-28,39-40,45H,6,9,12-14,17,35H2,1H3,(H,41,48)(H,42,47)(H,43,49)(H,44,46)(H,50,51)(H4,36,37,38)/t18-,23-,26-,27-,28-/m0/s1. The molecule has 4 amide bonds. The molecule has 4 rings (SSSR count). The van der Waals surface area contributed by atoms with Crippen molar-refractivity contribution >= 4 is 57.4 Å². The topological polar surface area (TPSA) is 296 Å². The van der Waals surface area contributed by atoms with Gasteiger partial charge in [0, 0.05) is 53.6 Å². The lowest BCUT2D eigenvalue weighted by Gasteiger charge is -2.24. The maximum atomic E-state index is 13.6. The number of amides is 4. The monoisotopic (exact) mass is 704 g/mol. The number of aliphatic imine (C=N–C) groups is 1. The first kappa shape index (κ1) is 37.9. The number of hydrogen-bond donors (Lipinski definition) is 11. The van der Waals surface area contributed by atoms with Crippen LogP contribution >= 0.6 is 0 Å². The van der Waals surface area contributed by atoms with Gasteiger partial charge in [-0.2, -0.15) is 0 Å². The second kappa shape index (κ2) is 17.6. The Labute approximate surface area is 292 Å². The molecule has 0 saturated heterocycles. The summed E-state index contributed by atoms with van der Waals surface area (Å²) in [4.78, 5) is 74.9. The van der Waals surface area contributed by atoms with Gasteiger partial charge in [-0.25, -0.2) is 4.79 Å². The summed E-state index contributed by atoms with van der Waals surface area (Å²) >= 11 is 0. The number of aliphatic carboxylic acids is 1. The molecule has 0 unspecified atom stereocenters. The summed E-state index contributed by atoms with van der Waals surface area (Å²) in [5.74, 6) is -4.48. The van der Waals surface area contributed by atoms with Gasteiger partial charge >= 0.3 is 5.97 Å². The zero-order chi connectivity index (χ0) is 37.1. The van der Waals surface area contributed by atoms with Gasteiger partial charge in [-0.15, -0.1) is 0 Å². The minimum atomic E-state index is -1.53. The molecular formula is C34H44N10O7. The molecule has 17 heteroatoms. The molecule has 2 aromatic heterocycles. The maximum Gasteiger partial charge on any atom is 0.326 e. The van der Waals surface area contributed by atoms with Gasteiger partial charge in [0.05, 0.1) is 12.6 Å². The van der Waals surface area contributed by atoms with E-state index in [4.69, 9.17) is 17.2 Å². The molecule has 0 fully saturated rings. The lowest BCUT2D eigenvalue weighted by atomic mass is 10.0. The van der Waals surface area contributed by atoms with Gasteiger partial charge in [0.2, 0.25) is 23.6 Å². The van der Waals surface area contributed by atoms with Crippen LogP contribution in [0.4, 0.5) is 0 Å². The van der Waals surface area contributed by atoms with E-state index in [9.17, 15) is 34.2 Å². The summed E-state index contributed by atoms with van der Waals surface area (Å²) in [7, 11) is 0. The summed E-state index contributed by atoms with van der Waals surface area (Å²) in [6, 6.07) is 8.41. The second-order valence-electron chi connectivity index (χ2n) is 12.1. The Balaban J connectivity index is 1.40. The number of nitrogens with two attached hydrogens (primary N) is 3. The SMILES string of the molecule is C[C@H](NC(=O)[C@H](Cc1c[nH]c2ccccc12)NC(=O)[C@@H](N)CCCN=C(N)N)C(=O)N[C@@H](CO)C(=O)N[C@@H](Cc1c[nH]c2ccccc12)C(=O)O. The minimum Gasteiger partial charge on any atom is -0.480 e. The van der Waals surface area contributed by atoms with E-state index in [2.05, 4.69) is 36.2 Å². The number of guanidine groups is 1. The van der Waals surface area contributed by atoms with Crippen LogP contribution < -0.4 is 38.5 Å². The molecule has 0 radical (unpaired) electrons. The van der Waals surface area contributed by atoms with Crippen LogP contribution in [0.25, 0.3) is 21.8 Å². The summed E-state index contributed by atoms with van der Waals surface area (Å²) in [5, 5.41) is 31.3. The van der Waals surface area contributed by atoms with Crippen molar-refractivity contribution in [2.45, 2.75) is 62.8 Å². The third-order valence-electron chi connectivity index (χ3n) is 8.32. The number of rotatable bonds is 18. The fourth-order valence-electron chi connectivity index (χ4n) is 5.52. The lowest BCUT2D eigenvalue weighted by Crippen LogP contribution is -2.59. The van der Waals surface area contributed by atoms with Crippen LogP contribution in [0.2, 0.25) is 0 Å². The number of hydrogen-bond acceptors (Lipinski definition) is 8. The van der Waals surface area contributed by atoms with E-state index in [1.54, 1.807) is 18.5 Å². The number of aromatic nitrogens is 2. The Morgan fingerprint density at radius 2 is 1.25 bits per heavy atom. The van der Waals surface area contributed by atoms with Crippen LogP contribution in [0.15, 0.2) is 65.9 Å². The van der Waals surface area contributed by atoms with Crippen molar-refractivity contribution in [3.05, 3.63) is 72.1 Å². The fourth-order valence-corrected chi connectivity index (χ4v) is 5.52. The first-order valence-corrected chi connectivity index (χ1v) is 16.3. The smallest absolute Gasteiger partial charge is 0.326 e. The molecule has 17 nitrogen and oxygen atoms in total. The number of benzene rings is 2. The van der Waals surface area contributed by atoms with Gasteiger partial charge in [-0.1, -0.05) is 36.4 Å². The molecule has 2 heterocycles. The van der Waals surface area contributed by atoms with Gasteiger partial charge in [-0.3, -0.25) is 24.2 Å². The number of aromatic amines is 2. The lowest BCUT2D eigenvalue weighted by molar-refractivity contribution is -0.142. The van der Waals surface area contributed by atoms with E-state index in [1.807, 2.05) is 42.5 Å². The Kier molecular flexibility index (Phi) is 13.1. The summed E-state index contributed by atoms with van der Waals surface area (Å²) in [6.45, 7) is 0.776. The van der Waals surface area contributed by atoms with Crippen molar-refractivity contribution in [3.8, 4) is 0 Å². The number of carboxylic acids is 1. The average molecular weight is 705 g/mol. The summed E-state index contributed by atoms with van der Waals surface area (Å²) in [5.41, 5.74) is 19.8. The number of nitrogens with one attached hydrogen (secondary N) is 6. The number of aliphatic hydroxyl groups is 1. The van der Waals surface area contributed by atoms with Crippen LogP contribution in [-0.2, 0) is 36.8 Å². The zero-order valence-electron chi connectivity index (χ0n) is 28.0. The van der Waals surface area contributed by atoms with E-state index in [1.165, 1.54) is 6.92 Å². The highest BCUT2D eigenvalue weighted by atomic mass is 16.4. The molecule has 5 atom stereocenters. The molecule has 14 N–H and O–H groups in total. The molecule has 272 valence electrons. The van der Waals surface area contributed by atoms with Crippen molar-refractivity contribution in [3.63, 3.8) is 0 Å². The normalized spacial score (nSPS) is 14.1. The van der Waals surface area contributed by atoms with Gasteiger partial charge in [0.15, 0.2) is 5.96 Å². The zero-order valence-corrected chi connectivity index (χ0v) is 28.0. The number of aliphatic hydroxyl groups excluding tert-OH is 1. The van der Waals surface area contributed by atoms with Crippen molar-refractivity contribution in [2.24, 2.45) is 22.2 Å². The number of fused-ring (bicyclic) bond motifs is 2. The predicted molar refractivity (Wildman–Crippen MR) is 190 cm³/mol. The molecular weight excluding hydrogens is 660 g/mol. The first-order chi connectivity index (χ1) is 24.4. The van der Waals surface area contributed by atoms with Crippen molar-refractivity contribution < 1.29 is 34.2 Å². The van der Waals surface area contributed by atoms with Crippen LogP contribution in [0.5, 0.6) is 0 Å². The maximum absolute atomic E-state index is 13.6. The van der Waals surface area contributed by atoms with Crippen molar-refractivity contribution in [1.29, 1.82) is 0 Å². The molecule has 0 aliphatic rings. The second-order valence-corrected chi connectivity index (χ2v) is 12.1. The third kappa shape index (κ3) is 10.3. The Hall–Kier alpha value is -5.94. The highest BCUT2D eigenvalue weighted by Gasteiger charge is 2.31. The molecule has 2 aromatic carbocycles. The number of nitrogens with zero attached hydrogens (tertiary/aromatic N) is 1. The largest absolute Gasteiger partial charge is 0.480 e. The summed E-state index contributed by atoms with van der Waals surface area (Å²) in [6.07, 6.45) is 4.00. The quantitative estimate of drug-likeness (QED) is 0.0336. The van der Waals surface area contributed by atoms with Crippen LogP contribution in [-0.4, -0.2) is 99.1 Å². The van der Waals surface area contributed by atoms with E-state index in [0.717, 1.165) is 27.4 Å². The van der Waals surface area contributed by atoms with Gasteiger partial charge < -0.3 is 58.6 Å². The highest BCUT2D eigenvalue weighted by Crippen LogP contribution is 2.20. The average Bonchev–Trinajstić information content (AvgIpc) is 3.71. The van der Waals surface area contributed by atoms with Crippen molar-refractivity contribution in [2.75, 3.05) is 13.2 Å². The molecule has 0 aliphatic heterocycles.